The number of aryl methyl sites for hydroxylation is 1. The molecule has 146 valence electrons. The number of benzene rings is 2. The molecule has 3 aromatic rings. The number of anilines is 1. The van der Waals surface area contributed by atoms with Gasteiger partial charge in [0.1, 0.15) is 11.3 Å². The minimum Gasteiger partial charge on any atom is -0.492 e. The van der Waals surface area contributed by atoms with Crippen LogP contribution in [0.15, 0.2) is 53.3 Å². The van der Waals surface area contributed by atoms with Gasteiger partial charge >= 0.3 is 0 Å². The van der Waals surface area contributed by atoms with Crippen LogP contribution < -0.4 is 15.2 Å². The molecule has 3 rings (SSSR count). The Morgan fingerprint density at radius 2 is 1.82 bits per heavy atom. The van der Waals surface area contributed by atoms with Crippen LogP contribution in [0.3, 0.4) is 0 Å². The molecule has 0 radical (unpaired) electrons. The lowest BCUT2D eigenvalue weighted by Crippen LogP contribution is -2.37. The number of para-hydroxylation sites is 1. The monoisotopic (exact) mass is 398 g/mol. The van der Waals surface area contributed by atoms with Crippen molar-refractivity contribution in [2.75, 3.05) is 18.1 Å². The second-order valence-corrected chi connectivity index (χ2v) is 6.84. The first kappa shape index (κ1) is 20.0. The Labute approximate surface area is 169 Å². The largest absolute Gasteiger partial charge is 0.492 e. The fourth-order valence-corrected chi connectivity index (χ4v) is 3.50. The minimum absolute atomic E-state index is 0.00209. The molecule has 0 bridgehead atoms. The van der Waals surface area contributed by atoms with E-state index in [-0.39, 0.29) is 11.3 Å². The van der Waals surface area contributed by atoms with Crippen LogP contribution in [-0.2, 0) is 7.05 Å². The average molecular weight is 399 g/mol. The molecule has 0 aliphatic heterocycles. The Balaban J connectivity index is 2.30. The van der Waals surface area contributed by atoms with Gasteiger partial charge in [-0.15, -0.1) is 0 Å². The van der Waals surface area contributed by atoms with Crippen molar-refractivity contribution in [3.8, 4) is 5.75 Å². The van der Waals surface area contributed by atoms with Gasteiger partial charge in [0.05, 0.1) is 22.5 Å². The third-order valence-corrected chi connectivity index (χ3v) is 4.93. The molecule has 0 N–H and O–H groups in total. The maximum atomic E-state index is 13.5. The topological polar surface area (TPSA) is 51.5 Å². The highest BCUT2D eigenvalue weighted by atomic mass is 35.5. The number of hydrogen-bond acceptors (Lipinski definition) is 3. The number of aromatic nitrogens is 1. The molecule has 6 heteroatoms. The Hall–Kier alpha value is -2.79. The van der Waals surface area contributed by atoms with Crippen LogP contribution in [0.4, 0.5) is 5.69 Å². The number of fused-ring (bicyclic) bond motifs is 1. The number of hydrogen-bond donors (Lipinski definition) is 0. The van der Waals surface area contributed by atoms with E-state index in [0.29, 0.717) is 29.1 Å². The minimum atomic E-state index is -0.403. The van der Waals surface area contributed by atoms with Crippen molar-refractivity contribution in [1.29, 1.82) is 0 Å². The highest BCUT2D eigenvalue weighted by Crippen LogP contribution is 2.34. The third kappa shape index (κ3) is 3.50. The molecule has 0 spiro atoms. The number of nitrogens with zero attached hydrogens (tertiary/aromatic N) is 2. The van der Waals surface area contributed by atoms with E-state index < -0.39 is 11.5 Å². The molecule has 0 aliphatic carbocycles. The lowest BCUT2D eigenvalue weighted by molar-refractivity contribution is 0.0982. The van der Waals surface area contributed by atoms with Gasteiger partial charge in [0.2, 0.25) is 0 Å². The van der Waals surface area contributed by atoms with E-state index in [1.165, 1.54) is 4.57 Å². The molecule has 0 saturated heterocycles. The average Bonchev–Trinajstić information content (AvgIpc) is 2.71. The molecule has 1 heterocycles. The Bertz CT molecular complexity index is 1060. The molecular formula is C22H23ClN2O3. The van der Waals surface area contributed by atoms with Crippen molar-refractivity contribution < 1.29 is 9.53 Å². The van der Waals surface area contributed by atoms with E-state index in [0.717, 1.165) is 12.1 Å². The second-order valence-electron chi connectivity index (χ2n) is 6.44. The van der Waals surface area contributed by atoms with Crippen LogP contribution in [0.2, 0.25) is 5.02 Å². The van der Waals surface area contributed by atoms with E-state index >= 15 is 0 Å². The van der Waals surface area contributed by atoms with Crippen molar-refractivity contribution in [3.63, 3.8) is 0 Å². The van der Waals surface area contributed by atoms with E-state index in [9.17, 15) is 9.59 Å². The van der Waals surface area contributed by atoms with E-state index in [1.54, 1.807) is 30.1 Å². The summed E-state index contributed by atoms with van der Waals surface area (Å²) in [6.45, 7) is 4.63. The maximum absolute atomic E-state index is 13.5. The SMILES string of the molecule is CCCOc1c(C(=O)N(CC)c2ccccc2)c(=O)n(C)c2cccc(Cl)c12. The van der Waals surface area contributed by atoms with Crippen LogP contribution >= 0.6 is 11.6 Å². The van der Waals surface area contributed by atoms with Crippen LogP contribution in [-0.4, -0.2) is 23.6 Å². The van der Waals surface area contributed by atoms with Gasteiger partial charge in [-0.05, 0) is 37.6 Å². The van der Waals surface area contributed by atoms with Gasteiger partial charge in [-0.2, -0.15) is 0 Å². The lowest BCUT2D eigenvalue weighted by atomic mass is 10.1. The summed E-state index contributed by atoms with van der Waals surface area (Å²) in [5.41, 5.74) is 0.947. The maximum Gasteiger partial charge on any atom is 0.267 e. The summed E-state index contributed by atoms with van der Waals surface area (Å²) in [5, 5.41) is 1.02. The molecule has 0 aliphatic rings. The fraction of sp³-hybridized carbons (Fsp3) is 0.273. The second kappa shape index (κ2) is 8.48. The summed E-state index contributed by atoms with van der Waals surface area (Å²) in [5.74, 6) is -0.146. The summed E-state index contributed by atoms with van der Waals surface area (Å²) in [7, 11) is 1.64. The molecule has 0 saturated carbocycles. The van der Waals surface area contributed by atoms with Crippen LogP contribution in [0.5, 0.6) is 5.75 Å². The first-order valence-electron chi connectivity index (χ1n) is 9.32. The van der Waals surface area contributed by atoms with Crippen LogP contribution in [0.25, 0.3) is 10.9 Å². The van der Waals surface area contributed by atoms with E-state index in [4.69, 9.17) is 16.3 Å². The van der Waals surface area contributed by atoms with Gasteiger partial charge in [-0.25, -0.2) is 0 Å². The number of ether oxygens (including phenoxy) is 1. The molecule has 1 amide bonds. The first-order valence-corrected chi connectivity index (χ1v) is 9.69. The Morgan fingerprint density at radius 1 is 1.11 bits per heavy atom. The molecule has 0 unspecified atom stereocenters. The number of pyridine rings is 1. The van der Waals surface area contributed by atoms with Gasteiger partial charge in [-0.1, -0.05) is 42.8 Å². The molecular weight excluding hydrogens is 376 g/mol. The summed E-state index contributed by atoms with van der Waals surface area (Å²) in [6.07, 6.45) is 0.741. The number of carbonyl (C=O) groups excluding carboxylic acids is 1. The third-order valence-electron chi connectivity index (χ3n) is 4.62. The number of halogens is 1. The fourth-order valence-electron chi connectivity index (χ4n) is 3.24. The van der Waals surface area contributed by atoms with Gasteiger partial charge in [0.15, 0.2) is 0 Å². The summed E-state index contributed by atoms with van der Waals surface area (Å²) >= 11 is 6.45. The molecule has 5 nitrogen and oxygen atoms in total. The standard InChI is InChI=1S/C22H23ClN2O3/c1-4-14-28-20-18-16(23)12-9-13-17(18)24(3)21(26)19(20)22(27)25(5-2)15-10-7-6-8-11-15/h6-13H,4-5,14H2,1-3H3. The number of amides is 1. The van der Waals surface area contributed by atoms with Gasteiger partial charge in [-0.3, -0.25) is 9.59 Å². The quantitative estimate of drug-likeness (QED) is 0.607. The number of rotatable bonds is 6. The number of carbonyl (C=O) groups is 1. The van der Waals surface area contributed by atoms with Gasteiger partial charge < -0.3 is 14.2 Å². The molecule has 0 atom stereocenters. The Kier molecular flexibility index (Phi) is 6.05. The zero-order valence-electron chi connectivity index (χ0n) is 16.2. The zero-order valence-corrected chi connectivity index (χ0v) is 17.0. The predicted octanol–water partition coefficient (Wildman–Crippen LogP) is 4.65. The van der Waals surface area contributed by atoms with Gasteiger partial charge in [0, 0.05) is 19.3 Å². The molecule has 0 fully saturated rings. The predicted molar refractivity (Wildman–Crippen MR) is 114 cm³/mol. The smallest absolute Gasteiger partial charge is 0.267 e. The molecule has 2 aromatic carbocycles. The van der Waals surface area contributed by atoms with Crippen LogP contribution in [0.1, 0.15) is 30.6 Å². The van der Waals surface area contributed by atoms with E-state index in [2.05, 4.69) is 0 Å². The molecule has 1 aromatic heterocycles. The van der Waals surface area contributed by atoms with Crippen molar-refractivity contribution >= 4 is 34.1 Å². The highest BCUT2D eigenvalue weighted by molar-refractivity contribution is 6.36. The Morgan fingerprint density at radius 3 is 2.46 bits per heavy atom. The van der Waals surface area contributed by atoms with Gasteiger partial charge in [0.25, 0.3) is 11.5 Å². The van der Waals surface area contributed by atoms with Crippen LogP contribution in [0, 0.1) is 0 Å². The van der Waals surface area contributed by atoms with E-state index in [1.807, 2.05) is 44.2 Å². The zero-order chi connectivity index (χ0) is 20.3. The van der Waals surface area contributed by atoms with Crippen molar-refractivity contribution in [1.82, 2.24) is 4.57 Å². The normalized spacial score (nSPS) is 10.9. The summed E-state index contributed by atoms with van der Waals surface area (Å²) in [4.78, 5) is 28.2. The van der Waals surface area contributed by atoms with Crippen molar-refractivity contribution in [2.24, 2.45) is 7.05 Å². The summed E-state index contributed by atoms with van der Waals surface area (Å²) < 4.78 is 7.37. The first-order chi connectivity index (χ1) is 13.5. The summed E-state index contributed by atoms with van der Waals surface area (Å²) in [6, 6.07) is 14.6. The highest BCUT2D eigenvalue weighted by Gasteiger charge is 2.28. The lowest BCUT2D eigenvalue weighted by Gasteiger charge is -2.23. The van der Waals surface area contributed by atoms with Crippen molar-refractivity contribution in [3.05, 3.63) is 69.5 Å². The van der Waals surface area contributed by atoms with Crippen molar-refractivity contribution in [2.45, 2.75) is 20.3 Å². The molecule has 28 heavy (non-hydrogen) atoms.